The highest BCUT2D eigenvalue weighted by atomic mass is 35.5. The normalized spacial score (nSPS) is 12.6. The van der Waals surface area contributed by atoms with Gasteiger partial charge in [-0.2, -0.15) is 0 Å². The molecule has 0 spiro atoms. The molecule has 0 bridgehead atoms. The highest BCUT2D eigenvalue weighted by Crippen LogP contribution is 2.20. The topological polar surface area (TPSA) is 35.2 Å². The minimum atomic E-state index is -0.449. The van der Waals surface area contributed by atoms with Gasteiger partial charge >= 0.3 is 0 Å². The van der Waals surface area contributed by atoms with Crippen molar-refractivity contribution >= 4 is 11.6 Å². The van der Waals surface area contributed by atoms with Crippen LogP contribution in [0.1, 0.15) is 6.92 Å². The first-order valence-electron chi connectivity index (χ1n) is 3.93. The first-order chi connectivity index (χ1) is 6.09. The zero-order valence-electron chi connectivity index (χ0n) is 7.26. The van der Waals surface area contributed by atoms with Gasteiger partial charge in [-0.25, -0.2) is 4.39 Å². The van der Waals surface area contributed by atoms with Gasteiger partial charge in [-0.1, -0.05) is 11.6 Å². The van der Waals surface area contributed by atoms with Gasteiger partial charge in [-0.3, -0.25) is 0 Å². The van der Waals surface area contributed by atoms with Gasteiger partial charge in [-0.15, -0.1) is 0 Å². The summed E-state index contributed by atoms with van der Waals surface area (Å²) in [6.07, 6.45) is 0. The van der Waals surface area contributed by atoms with Crippen LogP contribution in [0.3, 0.4) is 0 Å². The van der Waals surface area contributed by atoms with Gasteiger partial charge < -0.3 is 10.5 Å². The van der Waals surface area contributed by atoms with Gasteiger partial charge in [0.25, 0.3) is 0 Å². The fraction of sp³-hybridized carbons (Fsp3) is 0.333. The van der Waals surface area contributed by atoms with Crippen molar-refractivity contribution in [3.05, 3.63) is 29.0 Å². The van der Waals surface area contributed by atoms with Gasteiger partial charge in [-0.05, 0) is 19.1 Å². The number of rotatable bonds is 3. The molecule has 1 atom stereocenters. The summed E-state index contributed by atoms with van der Waals surface area (Å²) in [7, 11) is 0. The first kappa shape index (κ1) is 10.3. The molecule has 0 fully saturated rings. The van der Waals surface area contributed by atoms with Crippen LogP contribution in [0.5, 0.6) is 5.75 Å². The third kappa shape index (κ3) is 3.20. The first-order valence-corrected chi connectivity index (χ1v) is 4.31. The van der Waals surface area contributed by atoms with E-state index >= 15 is 0 Å². The fourth-order valence-corrected chi connectivity index (χ4v) is 0.965. The molecule has 0 aliphatic carbocycles. The monoisotopic (exact) mass is 203 g/mol. The average molecular weight is 204 g/mol. The minimum absolute atomic E-state index is 0.0520. The van der Waals surface area contributed by atoms with Crippen LogP contribution in [0.2, 0.25) is 5.02 Å². The van der Waals surface area contributed by atoms with E-state index in [0.717, 1.165) is 0 Å². The molecule has 1 rings (SSSR count). The number of halogens is 2. The molecule has 0 aromatic heterocycles. The molecule has 1 aromatic rings. The smallest absolute Gasteiger partial charge is 0.142 e. The lowest BCUT2D eigenvalue weighted by Crippen LogP contribution is -2.23. The predicted octanol–water partition coefficient (Wildman–Crippen LogP) is 2.21. The molecule has 72 valence electrons. The Morgan fingerprint density at radius 1 is 1.62 bits per heavy atom. The Bertz CT molecular complexity index is 291. The van der Waals surface area contributed by atoms with Crippen LogP contribution in [-0.4, -0.2) is 12.6 Å². The molecule has 0 saturated heterocycles. The number of hydrogen-bond acceptors (Lipinski definition) is 2. The molecule has 0 radical (unpaired) electrons. The third-order valence-corrected chi connectivity index (χ3v) is 1.69. The summed E-state index contributed by atoms with van der Waals surface area (Å²) in [4.78, 5) is 0. The molecule has 1 aromatic carbocycles. The second kappa shape index (κ2) is 4.44. The van der Waals surface area contributed by atoms with Crippen molar-refractivity contribution in [2.75, 3.05) is 6.61 Å². The van der Waals surface area contributed by atoms with Crippen molar-refractivity contribution in [2.24, 2.45) is 5.73 Å². The molecule has 0 saturated carbocycles. The molecule has 0 heterocycles. The van der Waals surface area contributed by atoms with E-state index in [1.54, 1.807) is 0 Å². The Morgan fingerprint density at radius 3 is 2.85 bits per heavy atom. The second-order valence-corrected chi connectivity index (χ2v) is 3.27. The zero-order valence-corrected chi connectivity index (χ0v) is 8.01. The number of ether oxygens (including phenoxy) is 1. The van der Waals surface area contributed by atoms with Crippen LogP contribution in [-0.2, 0) is 0 Å². The van der Waals surface area contributed by atoms with Gasteiger partial charge in [0.05, 0.1) is 5.02 Å². The van der Waals surface area contributed by atoms with Crippen molar-refractivity contribution in [1.29, 1.82) is 0 Å². The lowest BCUT2D eigenvalue weighted by Gasteiger charge is -2.08. The maximum absolute atomic E-state index is 12.7. The minimum Gasteiger partial charge on any atom is -0.492 e. The van der Waals surface area contributed by atoms with Gasteiger partial charge in [0.1, 0.15) is 18.2 Å². The summed E-state index contributed by atoms with van der Waals surface area (Å²) in [5.74, 6) is 0.0820. The summed E-state index contributed by atoms with van der Waals surface area (Å²) in [6, 6.07) is 4.16. The molecule has 0 aliphatic heterocycles. The molecule has 0 aliphatic rings. The van der Waals surface area contributed by atoms with Crippen molar-refractivity contribution in [2.45, 2.75) is 13.0 Å². The van der Waals surface area contributed by atoms with E-state index in [0.29, 0.717) is 12.4 Å². The quantitative estimate of drug-likeness (QED) is 0.818. The summed E-state index contributed by atoms with van der Waals surface area (Å²) in [5.41, 5.74) is 5.48. The van der Waals surface area contributed by atoms with Crippen molar-refractivity contribution in [1.82, 2.24) is 0 Å². The largest absolute Gasteiger partial charge is 0.492 e. The zero-order chi connectivity index (χ0) is 9.84. The molecule has 13 heavy (non-hydrogen) atoms. The maximum atomic E-state index is 12.7. The molecule has 2 nitrogen and oxygen atoms in total. The van der Waals surface area contributed by atoms with E-state index in [1.807, 2.05) is 6.92 Å². The molecule has 0 amide bonds. The highest BCUT2D eigenvalue weighted by molar-refractivity contribution is 6.30. The van der Waals surface area contributed by atoms with Crippen LogP contribution >= 0.6 is 11.6 Å². The Kier molecular flexibility index (Phi) is 3.51. The Hall–Kier alpha value is -0.800. The average Bonchev–Trinajstić information content (AvgIpc) is 2.07. The highest BCUT2D eigenvalue weighted by Gasteiger charge is 2.02. The van der Waals surface area contributed by atoms with E-state index in [2.05, 4.69) is 0 Å². The van der Waals surface area contributed by atoms with Crippen LogP contribution in [0.15, 0.2) is 18.2 Å². The van der Waals surface area contributed by atoms with Gasteiger partial charge in [0.15, 0.2) is 0 Å². The maximum Gasteiger partial charge on any atom is 0.142 e. The number of hydrogen-bond donors (Lipinski definition) is 1. The van der Waals surface area contributed by atoms with E-state index < -0.39 is 5.82 Å². The standard InChI is InChI=1S/C9H11ClFNO/c1-6(12)5-13-7-2-3-9(11)8(10)4-7/h2-4,6H,5,12H2,1H3. The Morgan fingerprint density at radius 2 is 2.31 bits per heavy atom. The van der Waals surface area contributed by atoms with E-state index in [9.17, 15) is 4.39 Å². The lowest BCUT2D eigenvalue weighted by molar-refractivity contribution is 0.296. The number of nitrogens with two attached hydrogens (primary N) is 1. The Balaban J connectivity index is 2.63. The molecular formula is C9H11ClFNO. The fourth-order valence-electron chi connectivity index (χ4n) is 0.794. The van der Waals surface area contributed by atoms with Gasteiger partial charge in [0.2, 0.25) is 0 Å². The van der Waals surface area contributed by atoms with E-state index in [1.165, 1.54) is 18.2 Å². The summed E-state index contributed by atoms with van der Waals surface area (Å²) < 4.78 is 17.9. The lowest BCUT2D eigenvalue weighted by atomic mass is 10.3. The van der Waals surface area contributed by atoms with E-state index in [4.69, 9.17) is 22.1 Å². The SMILES string of the molecule is CC(N)COc1ccc(F)c(Cl)c1. The van der Waals surface area contributed by atoms with E-state index in [-0.39, 0.29) is 11.1 Å². The van der Waals surface area contributed by atoms with Gasteiger partial charge in [0, 0.05) is 12.1 Å². The number of benzene rings is 1. The third-order valence-electron chi connectivity index (χ3n) is 1.40. The molecule has 4 heteroatoms. The van der Waals surface area contributed by atoms with Crippen LogP contribution in [0.25, 0.3) is 0 Å². The van der Waals surface area contributed by atoms with Crippen molar-refractivity contribution in [3.63, 3.8) is 0 Å². The van der Waals surface area contributed by atoms with Crippen molar-refractivity contribution in [3.8, 4) is 5.75 Å². The Labute approximate surface area is 81.4 Å². The summed E-state index contributed by atoms with van der Waals surface area (Å²) in [6.45, 7) is 2.22. The summed E-state index contributed by atoms with van der Waals surface area (Å²) >= 11 is 5.54. The summed E-state index contributed by atoms with van der Waals surface area (Å²) in [5, 5.41) is 0.0576. The predicted molar refractivity (Wildman–Crippen MR) is 50.6 cm³/mol. The van der Waals surface area contributed by atoms with Crippen molar-refractivity contribution < 1.29 is 9.13 Å². The van der Waals surface area contributed by atoms with Crippen LogP contribution in [0.4, 0.5) is 4.39 Å². The molecular weight excluding hydrogens is 193 g/mol. The van der Waals surface area contributed by atoms with Crippen LogP contribution < -0.4 is 10.5 Å². The second-order valence-electron chi connectivity index (χ2n) is 2.86. The van der Waals surface area contributed by atoms with Crippen LogP contribution in [0, 0.1) is 5.82 Å². The molecule has 1 unspecified atom stereocenters. The molecule has 2 N–H and O–H groups in total.